The number of rotatable bonds is 7. The van der Waals surface area contributed by atoms with Crippen molar-refractivity contribution in [2.45, 2.75) is 16.1 Å². The smallest absolute Gasteiger partial charge is 0.301 e. The summed E-state index contributed by atoms with van der Waals surface area (Å²) in [5.41, 5.74) is 1.25. The molecular weight excluding hydrogens is 569 g/mol. The van der Waals surface area contributed by atoms with Gasteiger partial charge in [0.05, 0.1) is 18.7 Å². The van der Waals surface area contributed by atoms with E-state index in [2.05, 4.69) is 10.2 Å². The number of fused-ring (bicyclic) bond motifs is 1. The van der Waals surface area contributed by atoms with E-state index in [0.29, 0.717) is 57.2 Å². The zero-order chi connectivity index (χ0) is 28.5. The lowest BCUT2D eigenvalue weighted by Gasteiger charge is -2.23. The Hall–Kier alpha value is -4.42. The summed E-state index contributed by atoms with van der Waals surface area (Å²) in [6.07, 6.45) is 0. The number of aliphatic hydroxyl groups is 1. The van der Waals surface area contributed by atoms with Crippen LogP contribution < -0.4 is 19.1 Å². The number of Topliss-reactive ketones (excluding diaryl/α,β-unsaturated/α-hetero) is 1. The number of ether oxygens (including phenoxy) is 3. The van der Waals surface area contributed by atoms with Crippen LogP contribution in [0.2, 0.25) is 0 Å². The number of amides is 1. The normalized spacial score (nSPS) is 17.6. The molecule has 6 rings (SSSR count). The molecule has 4 aromatic rings. The van der Waals surface area contributed by atoms with Crippen LogP contribution in [0.3, 0.4) is 0 Å². The molecule has 1 fully saturated rings. The summed E-state index contributed by atoms with van der Waals surface area (Å²) >= 11 is 2.37. The van der Waals surface area contributed by atoms with Crippen molar-refractivity contribution >= 4 is 45.7 Å². The van der Waals surface area contributed by atoms with Crippen LogP contribution in [0.15, 0.2) is 76.6 Å². The summed E-state index contributed by atoms with van der Waals surface area (Å²) in [6, 6.07) is 17.1. The summed E-state index contributed by atoms with van der Waals surface area (Å²) in [5, 5.41) is 20.0. The predicted octanol–water partition coefficient (Wildman–Crippen LogP) is 5.38. The molecule has 1 aromatic heterocycles. The zero-order valence-electron chi connectivity index (χ0n) is 21.6. The molecule has 2 aliphatic rings. The minimum absolute atomic E-state index is 0.104. The standard InChI is InChI=1S/C29H22FN3O6S2/c1-37-19-9-6-16(7-10-19)24-23(25(34)17-8-11-21-22(14-17)39-13-12-38-21)26(35)27(36)33(24)28-31-32-29(41-28)40-15-18-4-2-3-5-20(18)30/h2-11,14,24,34H,12-13,15H2,1H3. The van der Waals surface area contributed by atoms with Crippen molar-refractivity contribution in [3.63, 3.8) is 0 Å². The number of hydrogen-bond acceptors (Lipinski definition) is 10. The molecule has 208 valence electrons. The molecule has 3 heterocycles. The number of carbonyl (C=O) groups is 2. The molecule has 1 unspecified atom stereocenters. The number of hydrogen-bond donors (Lipinski definition) is 1. The summed E-state index contributed by atoms with van der Waals surface area (Å²) in [5.74, 6) is -0.561. The van der Waals surface area contributed by atoms with Gasteiger partial charge >= 0.3 is 5.91 Å². The van der Waals surface area contributed by atoms with Crippen molar-refractivity contribution in [3.05, 3.63) is 94.8 Å². The van der Waals surface area contributed by atoms with Gasteiger partial charge in [0, 0.05) is 11.3 Å². The van der Waals surface area contributed by atoms with E-state index in [-0.39, 0.29) is 22.3 Å². The van der Waals surface area contributed by atoms with Gasteiger partial charge in [-0.05, 0) is 47.5 Å². The summed E-state index contributed by atoms with van der Waals surface area (Å²) in [6.45, 7) is 0.755. The Bertz CT molecular complexity index is 1670. The summed E-state index contributed by atoms with van der Waals surface area (Å²) < 4.78 is 31.1. The average molecular weight is 592 g/mol. The molecule has 1 atom stereocenters. The summed E-state index contributed by atoms with van der Waals surface area (Å²) in [4.78, 5) is 28.2. The molecule has 0 radical (unpaired) electrons. The van der Waals surface area contributed by atoms with E-state index in [9.17, 15) is 19.1 Å². The fourth-order valence-corrected chi connectivity index (χ4v) is 6.44. The van der Waals surface area contributed by atoms with Crippen LogP contribution in [-0.4, -0.2) is 47.3 Å². The largest absolute Gasteiger partial charge is 0.507 e. The third-order valence-electron chi connectivity index (χ3n) is 6.60. The molecule has 2 aliphatic heterocycles. The average Bonchev–Trinajstić information content (AvgIpc) is 3.58. The Morgan fingerprint density at radius 1 is 1.07 bits per heavy atom. The highest BCUT2D eigenvalue weighted by Gasteiger charge is 2.48. The van der Waals surface area contributed by atoms with Crippen LogP contribution in [0.1, 0.15) is 22.7 Å². The van der Waals surface area contributed by atoms with E-state index in [0.717, 1.165) is 11.3 Å². The van der Waals surface area contributed by atoms with E-state index in [1.807, 2.05) is 0 Å². The molecule has 9 nitrogen and oxygen atoms in total. The number of benzene rings is 3. The van der Waals surface area contributed by atoms with Crippen molar-refractivity contribution in [3.8, 4) is 17.2 Å². The third kappa shape index (κ3) is 5.11. The molecule has 1 amide bonds. The number of nitrogens with zero attached hydrogens (tertiary/aromatic N) is 3. The van der Waals surface area contributed by atoms with E-state index < -0.39 is 17.7 Å². The maximum absolute atomic E-state index is 14.1. The topological polar surface area (TPSA) is 111 Å². The molecule has 0 aliphatic carbocycles. The first-order valence-corrected chi connectivity index (χ1v) is 14.3. The maximum Gasteiger partial charge on any atom is 0.301 e. The molecule has 1 saturated heterocycles. The van der Waals surface area contributed by atoms with Crippen LogP contribution >= 0.6 is 23.1 Å². The third-order valence-corrected chi connectivity index (χ3v) is 8.71. The SMILES string of the molecule is COc1ccc(C2C(=C(O)c3ccc4c(c3)OCCO4)C(=O)C(=O)N2c2nnc(SCc3ccccc3F)s2)cc1. The van der Waals surface area contributed by atoms with Gasteiger partial charge in [-0.1, -0.05) is 53.4 Å². The fraction of sp³-hybridized carbons (Fsp3) is 0.172. The van der Waals surface area contributed by atoms with Gasteiger partial charge in [-0.3, -0.25) is 14.5 Å². The van der Waals surface area contributed by atoms with Gasteiger partial charge in [-0.25, -0.2) is 4.39 Å². The maximum atomic E-state index is 14.1. The van der Waals surface area contributed by atoms with Gasteiger partial charge in [-0.2, -0.15) is 0 Å². The Morgan fingerprint density at radius 3 is 2.59 bits per heavy atom. The number of aliphatic hydroxyl groups excluding tert-OH is 1. The number of anilines is 1. The fourth-order valence-electron chi connectivity index (χ4n) is 4.59. The Morgan fingerprint density at radius 2 is 1.83 bits per heavy atom. The monoisotopic (exact) mass is 591 g/mol. The van der Waals surface area contributed by atoms with Gasteiger partial charge in [0.1, 0.15) is 30.5 Å². The van der Waals surface area contributed by atoms with Crippen LogP contribution in [-0.2, 0) is 15.3 Å². The van der Waals surface area contributed by atoms with Gasteiger partial charge in [0.25, 0.3) is 5.78 Å². The van der Waals surface area contributed by atoms with Gasteiger partial charge in [-0.15, -0.1) is 10.2 Å². The zero-order valence-corrected chi connectivity index (χ0v) is 23.2. The molecule has 0 bridgehead atoms. The first kappa shape index (κ1) is 26.8. The quantitative estimate of drug-likeness (QED) is 0.0996. The lowest BCUT2D eigenvalue weighted by Crippen LogP contribution is -2.29. The molecule has 1 N–H and O–H groups in total. The number of methoxy groups -OCH3 is 1. The Labute approximate surface area is 242 Å². The van der Waals surface area contributed by atoms with E-state index in [4.69, 9.17) is 14.2 Å². The number of aromatic nitrogens is 2. The van der Waals surface area contributed by atoms with Crippen molar-refractivity contribution in [1.82, 2.24) is 10.2 Å². The highest BCUT2D eigenvalue weighted by Crippen LogP contribution is 2.45. The number of thioether (sulfide) groups is 1. The van der Waals surface area contributed by atoms with E-state index in [1.54, 1.807) is 60.7 Å². The van der Waals surface area contributed by atoms with E-state index in [1.165, 1.54) is 29.8 Å². The number of ketones is 1. The van der Waals surface area contributed by atoms with Gasteiger partial charge in [0.2, 0.25) is 5.13 Å². The first-order valence-electron chi connectivity index (χ1n) is 12.5. The Kier molecular flexibility index (Phi) is 7.33. The van der Waals surface area contributed by atoms with Crippen LogP contribution in [0, 0.1) is 5.82 Å². The molecule has 41 heavy (non-hydrogen) atoms. The minimum Gasteiger partial charge on any atom is -0.507 e. The molecule has 3 aromatic carbocycles. The predicted molar refractivity (Wildman–Crippen MR) is 151 cm³/mol. The molecule has 12 heteroatoms. The molecule has 0 saturated carbocycles. The minimum atomic E-state index is -0.994. The van der Waals surface area contributed by atoms with E-state index >= 15 is 0 Å². The number of halogens is 1. The lowest BCUT2D eigenvalue weighted by atomic mass is 9.95. The van der Waals surface area contributed by atoms with Crippen molar-refractivity contribution in [2.24, 2.45) is 0 Å². The van der Waals surface area contributed by atoms with Crippen LogP contribution in [0.5, 0.6) is 17.2 Å². The first-order chi connectivity index (χ1) is 19.9. The molecular formula is C29H22FN3O6S2. The Balaban J connectivity index is 1.39. The van der Waals surface area contributed by atoms with Gasteiger partial charge in [0.15, 0.2) is 15.8 Å². The van der Waals surface area contributed by atoms with Crippen molar-refractivity contribution in [2.75, 3.05) is 25.2 Å². The van der Waals surface area contributed by atoms with Gasteiger partial charge < -0.3 is 19.3 Å². The van der Waals surface area contributed by atoms with Crippen molar-refractivity contribution < 1.29 is 33.3 Å². The lowest BCUT2D eigenvalue weighted by molar-refractivity contribution is -0.132. The van der Waals surface area contributed by atoms with Crippen LogP contribution in [0.25, 0.3) is 5.76 Å². The second-order valence-electron chi connectivity index (χ2n) is 9.03. The highest BCUT2D eigenvalue weighted by molar-refractivity contribution is 8.00. The number of carbonyl (C=O) groups excluding carboxylic acids is 2. The molecule has 0 spiro atoms. The van der Waals surface area contributed by atoms with Crippen molar-refractivity contribution in [1.29, 1.82) is 0 Å². The second-order valence-corrected chi connectivity index (χ2v) is 11.2. The summed E-state index contributed by atoms with van der Waals surface area (Å²) in [7, 11) is 1.53. The van der Waals surface area contributed by atoms with Crippen LogP contribution in [0.4, 0.5) is 9.52 Å². The second kappa shape index (κ2) is 11.2. The highest BCUT2D eigenvalue weighted by atomic mass is 32.2.